The van der Waals surface area contributed by atoms with Gasteiger partial charge in [-0.05, 0) is 24.3 Å². The number of hydrogen-bond acceptors (Lipinski definition) is 2. The van der Waals surface area contributed by atoms with E-state index in [1.807, 2.05) is 12.1 Å². The smallest absolute Gasteiger partial charge is 0.118 e. The van der Waals surface area contributed by atoms with Crippen LogP contribution in [-0.2, 0) is 0 Å². The van der Waals surface area contributed by atoms with E-state index in [1.54, 1.807) is 14.2 Å². The summed E-state index contributed by atoms with van der Waals surface area (Å²) in [7, 11) is 0.213. The Kier molecular flexibility index (Phi) is 4.82. The lowest BCUT2D eigenvalue weighted by Gasteiger charge is -2.40. The predicted molar refractivity (Wildman–Crippen MR) is 100 cm³/mol. The molecule has 2 nitrogen and oxygen atoms in total. The zero-order valence-electron chi connectivity index (χ0n) is 14.4. The van der Waals surface area contributed by atoms with Gasteiger partial charge >= 0.3 is 0 Å². The molecule has 0 N–H and O–H groups in total. The zero-order valence-corrected chi connectivity index (χ0v) is 16.4. The van der Waals surface area contributed by atoms with Gasteiger partial charge in [0.1, 0.15) is 19.1 Å². The maximum Gasteiger partial charge on any atom is 0.118 e. The first-order chi connectivity index (χ1) is 10.3. The van der Waals surface area contributed by atoms with E-state index >= 15 is 0 Å². The normalized spacial score (nSPS) is 12.1. The molecule has 118 valence electrons. The van der Waals surface area contributed by atoms with Crippen LogP contribution in [0.25, 0.3) is 0 Å². The van der Waals surface area contributed by atoms with Gasteiger partial charge in [0.05, 0.1) is 14.2 Å². The Hall–Kier alpha value is -1.53. The van der Waals surface area contributed by atoms with Crippen molar-refractivity contribution in [3.63, 3.8) is 0 Å². The summed E-state index contributed by atoms with van der Waals surface area (Å²) < 4.78 is 10.9. The molecule has 2 rings (SSSR count). The van der Waals surface area contributed by atoms with Crippen LogP contribution < -0.4 is 19.8 Å². The number of methoxy groups -OCH3 is 2. The summed E-state index contributed by atoms with van der Waals surface area (Å²) in [6, 6.07) is 17.3. The molecule has 0 aliphatic rings. The van der Waals surface area contributed by atoms with Gasteiger partial charge in [-0.15, -0.1) is 0 Å². The van der Waals surface area contributed by atoms with Crippen molar-refractivity contribution >= 4 is 25.6 Å². The third-order valence-electron chi connectivity index (χ3n) is 4.79. The van der Waals surface area contributed by atoms with Crippen molar-refractivity contribution in [3.05, 3.63) is 48.5 Å². The van der Waals surface area contributed by atoms with Crippen LogP contribution in [0.3, 0.4) is 0 Å². The number of ether oxygens (including phenoxy) is 2. The molecule has 0 atom stereocenters. The Morgan fingerprint density at radius 2 is 1.09 bits per heavy atom. The van der Waals surface area contributed by atoms with Crippen LogP contribution in [0, 0.1) is 0 Å². The van der Waals surface area contributed by atoms with E-state index in [1.165, 1.54) is 10.4 Å². The average Bonchev–Trinajstić information content (AvgIpc) is 2.53. The SMILES string of the molecule is COc1cccc([Si](C)(c2cccc(OC)c2)[Si](C)(C)C)c1. The zero-order chi connectivity index (χ0) is 16.4. The van der Waals surface area contributed by atoms with Crippen LogP contribution in [0.2, 0.25) is 26.2 Å². The molecule has 0 aromatic heterocycles. The summed E-state index contributed by atoms with van der Waals surface area (Å²) in [4.78, 5) is 0. The lowest BCUT2D eigenvalue weighted by molar-refractivity contribution is 0.415. The van der Waals surface area contributed by atoms with E-state index in [9.17, 15) is 0 Å². The summed E-state index contributed by atoms with van der Waals surface area (Å²) in [5.41, 5.74) is 0. The van der Waals surface area contributed by atoms with Crippen LogP contribution in [0.5, 0.6) is 11.5 Å². The highest BCUT2D eigenvalue weighted by Gasteiger charge is 2.44. The first kappa shape index (κ1) is 16.8. The topological polar surface area (TPSA) is 18.5 Å². The number of hydrogen-bond donors (Lipinski definition) is 0. The monoisotopic (exact) mass is 330 g/mol. The van der Waals surface area contributed by atoms with E-state index < -0.39 is 15.2 Å². The number of benzene rings is 2. The van der Waals surface area contributed by atoms with Crippen molar-refractivity contribution in [1.82, 2.24) is 0 Å². The molecule has 0 aliphatic heterocycles. The van der Waals surface area contributed by atoms with Crippen LogP contribution in [-0.4, -0.2) is 29.4 Å². The molecule has 0 aliphatic carbocycles. The quantitative estimate of drug-likeness (QED) is 0.783. The molecule has 4 heteroatoms. The van der Waals surface area contributed by atoms with Gasteiger partial charge in [-0.25, -0.2) is 0 Å². The van der Waals surface area contributed by atoms with Crippen LogP contribution >= 0.6 is 0 Å². The Morgan fingerprint density at radius 3 is 1.41 bits per heavy atom. The van der Waals surface area contributed by atoms with Crippen molar-refractivity contribution in [2.75, 3.05) is 14.2 Å². The first-order valence-electron chi connectivity index (χ1n) is 7.62. The van der Waals surface area contributed by atoms with Gasteiger partial charge in [-0.3, -0.25) is 0 Å². The summed E-state index contributed by atoms with van der Waals surface area (Å²) in [6.45, 7) is 9.90. The minimum absolute atomic E-state index is 0.942. The molecule has 2 aromatic carbocycles. The van der Waals surface area contributed by atoms with E-state index in [2.05, 4.69) is 62.6 Å². The lowest BCUT2D eigenvalue weighted by Crippen LogP contribution is -2.71. The standard InChI is InChI=1S/C18H26O2Si2/c1-19-15-9-7-11-17(13-15)22(6,21(3,4)5)18-12-8-10-16(14-18)20-2/h7-14H,1-6H3. The molecule has 0 amide bonds. The fraction of sp³-hybridized carbons (Fsp3) is 0.333. The van der Waals surface area contributed by atoms with Crippen molar-refractivity contribution in [2.24, 2.45) is 0 Å². The summed E-state index contributed by atoms with van der Waals surface area (Å²) >= 11 is 0. The third kappa shape index (κ3) is 2.98. The Labute approximate surface area is 135 Å². The summed E-state index contributed by atoms with van der Waals surface area (Å²) in [5.74, 6) is 1.88. The second-order valence-corrected chi connectivity index (χ2v) is 22.2. The predicted octanol–water partition coefficient (Wildman–Crippen LogP) is 3.31. The van der Waals surface area contributed by atoms with Gasteiger partial charge in [-0.1, -0.05) is 60.8 Å². The Morgan fingerprint density at radius 1 is 0.682 bits per heavy atom. The fourth-order valence-corrected chi connectivity index (χ4v) is 12.8. The Balaban J connectivity index is 2.66. The molecular weight excluding hydrogens is 304 g/mol. The van der Waals surface area contributed by atoms with Crippen LogP contribution in [0.1, 0.15) is 0 Å². The molecular formula is C18H26O2Si2. The van der Waals surface area contributed by atoms with Gasteiger partial charge in [0, 0.05) is 7.59 Å². The lowest BCUT2D eigenvalue weighted by atomic mass is 10.3. The van der Waals surface area contributed by atoms with E-state index in [4.69, 9.17) is 9.47 Å². The largest absolute Gasteiger partial charge is 0.497 e. The Bertz CT molecular complexity index is 600. The second-order valence-electron chi connectivity index (χ2n) is 6.84. The van der Waals surface area contributed by atoms with E-state index in [0.717, 1.165) is 11.5 Å². The molecule has 22 heavy (non-hydrogen) atoms. The van der Waals surface area contributed by atoms with Crippen molar-refractivity contribution in [1.29, 1.82) is 0 Å². The highest BCUT2D eigenvalue weighted by atomic mass is 29.3. The van der Waals surface area contributed by atoms with Gasteiger partial charge in [0.2, 0.25) is 0 Å². The molecule has 0 saturated heterocycles. The summed E-state index contributed by atoms with van der Waals surface area (Å²) in [5, 5.41) is 2.89. The van der Waals surface area contributed by atoms with Crippen molar-refractivity contribution < 1.29 is 9.47 Å². The van der Waals surface area contributed by atoms with E-state index in [-0.39, 0.29) is 0 Å². The molecule has 0 saturated carbocycles. The highest BCUT2D eigenvalue weighted by molar-refractivity contribution is 7.50. The molecule has 2 aromatic rings. The molecule has 0 radical (unpaired) electrons. The fourth-order valence-electron chi connectivity index (χ4n) is 2.90. The van der Waals surface area contributed by atoms with Crippen LogP contribution in [0.4, 0.5) is 0 Å². The molecule has 0 fully saturated rings. The highest BCUT2D eigenvalue weighted by Crippen LogP contribution is 2.22. The molecule has 0 bridgehead atoms. The van der Waals surface area contributed by atoms with E-state index in [0.29, 0.717) is 0 Å². The van der Waals surface area contributed by atoms with Gasteiger partial charge in [0.15, 0.2) is 0 Å². The minimum atomic E-state index is -1.82. The number of rotatable bonds is 5. The maximum absolute atomic E-state index is 5.46. The average molecular weight is 331 g/mol. The third-order valence-corrected chi connectivity index (χ3v) is 21.5. The summed E-state index contributed by atoms with van der Waals surface area (Å²) in [6.07, 6.45) is 0. The molecule has 0 unspecified atom stereocenters. The molecule has 0 spiro atoms. The maximum atomic E-state index is 5.46. The van der Waals surface area contributed by atoms with Gasteiger partial charge < -0.3 is 9.47 Å². The van der Waals surface area contributed by atoms with Gasteiger partial charge in [-0.2, -0.15) is 0 Å². The second kappa shape index (κ2) is 6.30. The molecule has 0 heterocycles. The minimum Gasteiger partial charge on any atom is -0.497 e. The van der Waals surface area contributed by atoms with Crippen LogP contribution in [0.15, 0.2) is 48.5 Å². The van der Waals surface area contributed by atoms with Gasteiger partial charge in [0.25, 0.3) is 0 Å². The first-order valence-corrected chi connectivity index (χ1v) is 14.6. The van der Waals surface area contributed by atoms with Crippen molar-refractivity contribution in [3.8, 4) is 11.5 Å². The van der Waals surface area contributed by atoms with Crippen molar-refractivity contribution in [2.45, 2.75) is 26.2 Å².